The van der Waals surface area contributed by atoms with Gasteiger partial charge in [-0.2, -0.15) is 0 Å². The van der Waals surface area contributed by atoms with Crippen molar-refractivity contribution >= 4 is 15.1 Å². The summed E-state index contributed by atoms with van der Waals surface area (Å²) >= 11 is 0. The average molecular weight is 147 g/mol. The third-order valence-electron chi connectivity index (χ3n) is 0.401. The van der Waals surface area contributed by atoms with E-state index in [1.165, 1.54) is 0 Å². The van der Waals surface area contributed by atoms with Gasteiger partial charge in [0, 0.05) is 6.92 Å². The number of nitrogens with two attached hydrogens (primary N) is 1. The molecule has 4 nitrogen and oxygen atoms in total. The maximum absolute atomic E-state index is 9.76. The number of rotatable bonds is 0. The summed E-state index contributed by atoms with van der Waals surface area (Å²) in [6.45, 7) is 0.898. The first-order chi connectivity index (χ1) is 2.94. The van der Waals surface area contributed by atoms with Crippen LogP contribution < -0.4 is 34.7 Å². The molecule has 0 aliphatic heterocycles. The van der Waals surface area contributed by atoms with Crippen LogP contribution in [0.25, 0.3) is 0 Å². The molecule has 0 radical (unpaired) electrons. The Hall–Kier alpha value is 0.580. The van der Waals surface area contributed by atoms with Gasteiger partial charge in [-0.3, -0.25) is 4.79 Å². The standard InChI is InChI=1S/C2H5NO3S.Na.H/c1-2(4)7(3,5)6;;/h1H3,(H2,3,5,6);;/q;+1;-1. The molecule has 2 N–H and O–H groups in total. The molecule has 0 aliphatic rings. The van der Waals surface area contributed by atoms with Crippen molar-refractivity contribution in [3.05, 3.63) is 0 Å². The maximum Gasteiger partial charge on any atom is 1.00 e. The van der Waals surface area contributed by atoms with Crippen LogP contribution in [0.1, 0.15) is 8.35 Å². The molecule has 0 unspecified atom stereocenters. The summed E-state index contributed by atoms with van der Waals surface area (Å²) in [6, 6.07) is 0. The molecule has 44 valence electrons. The van der Waals surface area contributed by atoms with Crippen LogP contribution in [0.15, 0.2) is 0 Å². The topological polar surface area (TPSA) is 77.2 Å². The van der Waals surface area contributed by atoms with Crippen molar-refractivity contribution in [1.29, 1.82) is 0 Å². The minimum Gasteiger partial charge on any atom is -1.00 e. The van der Waals surface area contributed by atoms with Gasteiger partial charge in [-0.15, -0.1) is 0 Å². The first-order valence-corrected chi connectivity index (χ1v) is 3.02. The van der Waals surface area contributed by atoms with E-state index in [1.807, 2.05) is 0 Å². The van der Waals surface area contributed by atoms with Crippen LogP contribution >= 0.6 is 0 Å². The fourth-order valence-electron chi connectivity index (χ4n) is 0. The quantitative estimate of drug-likeness (QED) is 0.354. The van der Waals surface area contributed by atoms with Gasteiger partial charge < -0.3 is 1.43 Å². The molecule has 0 aromatic rings. The minimum atomic E-state index is -3.88. The van der Waals surface area contributed by atoms with Gasteiger partial charge in [0.25, 0.3) is 15.1 Å². The number of carbonyl (C=O) groups is 1. The number of hydrogen-bond acceptors (Lipinski definition) is 3. The fraction of sp³-hybridized carbons (Fsp3) is 0.500. The third-order valence-corrected chi connectivity index (χ3v) is 1.20. The molecule has 0 aromatic carbocycles. The number of primary sulfonamides is 1. The SMILES string of the molecule is CC(=O)S(N)(=O)=O.[H-].[Na+]. The summed E-state index contributed by atoms with van der Waals surface area (Å²) in [5.74, 6) is 0. The van der Waals surface area contributed by atoms with Crippen LogP contribution in [0.2, 0.25) is 0 Å². The van der Waals surface area contributed by atoms with E-state index in [9.17, 15) is 13.2 Å². The molecule has 0 aliphatic carbocycles. The molecule has 0 amide bonds. The zero-order chi connectivity index (χ0) is 6.08. The molecule has 0 saturated heterocycles. The van der Waals surface area contributed by atoms with E-state index in [2.05, 4.69) is 5.14 Å². The molecular weight excluding hydrogens is 141 g/mol. The van der Waals surface area contributed by atoms with E-state index in [-0.39, 0.29) is 31.0 Å². The van der Waals surface area contributed by atoms with Crippen LogP contribution in [-0.2, 0) is 14.8 Å². The van der Waals surface area contributed by atoms with Crippen molar-refractivity contribution in [2.24, 2.45) is 5.14 Å². The Morgan fingerprint density at radius 3 is 1.75 bits per heavy atom. The number of hydrogen-bond donors (Lipinski definition) is 1. The smallest absolute Gasteiger partial charge is 1.00 e. The molecular formula is C2H6NNaO3S. The summed E-state index contributed by atoms with van der Waals surface area (Å²) in [7, 11) is -3.88. The van der Waals surface area contributed by atoms with E-state index in [1.54, 1.807) is 0 Å². The zero-order valence-electron chi connectivity index (χ0n) is 5.71. The molecule has 0 bridgehead atoms. The van der Waals surface area contributed by atoms with E-state index >= 15 is 0 Å². The van der Waals surface area contributed by atoms with E-state index in [0.717, 1.165) is 6.92 Å². The fourth-order valence-corrected chi connectivity index (χ4v) is 0. The Balaban J connectivity index is -0.000000180. The van der Waals surface area contributed by atoms with Crippen molar-refractivity contribution < 1.29 is 44.2 Å². The van der Waals surface area contributed by atoms with Gasteiger partial charge in [0.15, 0.2) is 0 Å². The third kappa shape index (κ3) is 4.73. The van der Waals surface area contributed by atoms with Crippen molar-refractivity contribution in [1.82, 2.24) is 0 Å². The molecule has 0 rings (SSSR count). The van der Waals surface area contributed by atoms with Crippen LogP contribution in [0, 0.1) is 0 Å². The van der Waals surface area contributed by atoms with Crippen LogP contribution in [0.3, 0.4) is 0 Å². The summed E-state index contributed by atoms with van der Waals surface area (Å²) in [4.78, 5) is 9.75. The Morgan fingerprint density at radius 1 is 1.62 bits per heavy atom. The summed E-state index contributed by atoms with van der Waals surface area (Å²) in [5, 5.41) is 3.29. The number of sulfonamides is 1. The van der Waals surface area contributed by atoms with E-state index in [0.29, 0.717) is 0 Å². The largest absolute Gasteiger partial charge is 1.00 e. The molecule has 0 saturated carbocycles. The second-order valence-corrected chi connectivity index (χ2v) is 2.70. The predicted molar refractivity (Wildman–Crippen MR) is 24.9 cm³/mol. The van der Waals surface area contributed by atoms with Crippen molar-refractivity contribution in [2.75, 3.05) is 0 Å². The van der Waals surface area contributed by atoms with Crippen LogP contribution in [0.4, 0.5) is 0 Å². The van der Waals surface area contributed by atoms with Gasteiger partial charge in [0.1, 0.15) is 0 Å². The summed E-state index contributed by atoms with van der Waals surface area (Å²) < 4.78 is 19.5. The van der Waals surface area contributed by atoms with Crippen molar-refractivity contribution in [2.45, 2.75) is 6.92 Å². The average Bonchev–Trinajstić information content (AvgIpc) is 1.31. The predicted octanol–water partition coefficient (Wildman–Crippen LogP) is -4.06. The molecule has 6 heteroatoms. The first kappa shape index (κ1) is 11.4. The van der Waals surface area contributed by atoms with Crippen LogP contribution in [-0.4, -0.2) is 13.5 Å². The normalized spacial score (nSPS) is 9.75. The Labute approximate surface area is 71.3 Å². The Morgan fingerprint density at radius 2 is 1.75 bits per heavy atom. The Bertz CT molecular complexity index is 176. The monoisotopic (exact) mass is 147 g/mol. The minimum absolute atomic E-state index is 0. The van der Waals surface area contributed by atoms with Gasteiger partial charge >= 0.3 is 29.6 Å². The van der Waals surface area contributed by atoms with E-state index in [4.69, 9.17) is 0 Å². The summed E-state index contributed by atoms with van der Waals surface area (Å²) in [5.41, 5.74) is 0. The Kier molecular flexibility index (Phi) is 5.09. The van der Waals surface area contributed by atoms with Crippen molar-refractivity contribution in [3.8, 4) is 0 Å². The second-order valence-electron chi connectivity index (χ2n) is 1.04. The molecule has 8 heavy (non-hydrogen) atoms. The molecule has 0 heterocycles. The van der Waals surface area contributed by atoms with Crippen molar-refractivity contribution in [3.63, 3.8) is 0 Å². The van der Waals surface area contributed by atoms with E-state index < -0.39 is 15.1 Å². The molecule has 0 fully saturated rings. The molecule has 0 spiro atoms. The maximum atomic E-state index is 9.76. The van der Waals surface area contributed by atoms with Crippen LogP contribution in [0.5, 0.6) is 0 Å². The summed E-state index contributed by atoms with van der Waals surface area (Å²) in [6.07, 6.45) is 0. The first-order valence-electron chi connectivity index (χ1n) is 1.48. The molecule has 0 aromatic heterocycles. The molecule has 0 atom stereocenters. The van der Waals surface area contributed by atoms with Gasteiger partial charge in [-0.1, -0.05) is 0 Å². The van der Waals surface area contributed by atoms with Gasteiger partial charge in [-0.25, -0.2) is 13.6 Å². The van der Waals surface area contributed by atoms with Gasteiger partial charge in [0.05, 0.1) is 0 Å². The second kappa shape index (κ2) is 3.58. The van der Waals surface area contributed by atoms with Gasteiger partial charge in [-0.05, 0) is 0 Å². The van der Waals surface area contributed by atoms with Gasteiger partial charge in [0.2, 0.25) is 0 Å². The zero-order valence-corrected chi connectivity index (χ0v) is 7.53. The number of carbonyl (C=O) groups excluding carboxylic acids is 1.